The summed E-state index contributed by atoms with van der Waals surface area (Å²) >= 11 is 17.6. The van der Waals surface area contributed by atoms with Crippen LogP contribution in [-0.2, 0) is 11.0 Å². The first-order valence-electron chi connectivity index (χ1n) is 9.55. The first-order chi connectivity index (χ1) is 16.0. The molecule has 2 unspecified atom stereocenters. The molecule has 0 bridgehead atoms. The second-order valence-corrected chi connectivity index (χ2v) is 8.19. The third kappa shape index (κ3) is 5.92. The smallest absolute Gasteiger partial charge is 0.423 e. The van der Waals surface area contributed by atoms with Crippen LogP contribution in [0.4, 0.5) is 13.2 Å². The Morgan fingerprint density at radius 1 is 1.03 bits per heavy atom. The molecule has 176 valence electrons. The highest BCUT2D eigenvalue weighted by Gasteiger charge is 2.38. The molecule has 0 aliphatic rings. The van der Waals surface area contributed by atoms with Gasteiger partial charge in [0.1, 0.15) is 23.0 Å². The molecule has 2 aromatic carbocycles. The normalized spacial score (nSPS) is 13.0. The van der Waals surface area contributed by atoms with Gasteiger partial charge in [0.05, 0.1) is 11.1 Å². The SMILES string of the molecule is CC(Oc1ccc(Oc2nccc(Cl)c2C(F)(F)F)cc1)C(=O)C(C#N)c1ccc(Cl)cc1Cl. The molecule has 0 aliphatic heterocycles. The molecular formula is C23H14Cl3F3N2O3. The molecule has 0 N–H and O–H groups in total. The average molecular weight is 530 g/mol. The predicted octanol–water partition coefficient (Wildman–Crippen LogP) is 7.50. The zero-order valence-electron chi connectivity index (χ0n) is 17.2. The molecule has 5 nitrogen and oxygen atoms in total. The first kappa shape index (κ1) is 25.6. The van der Waals surface area contributed by atoms with Gasteiger partial charge in [-0.2, -0.15) is 18.4 Å². The van der Waals surface area contributed by atoms with Crippen molar-refractivity contribution in [2.75, 3.05) is 0 Å². The number of nitrogens with zero attached hydrogens (tertiary/aromatic N) is 2. The van der Waals surface area contributed by atoms with E-state index < -0.39 is 40.4 Å². The Bertz CT molecular complexity index is 1240. The van der Waals surface area contributed by atoms with Crippen LogP contribution in [0.1, 0.15) is 24.0 Å². The van der Waals surface area contributed by atoms with Gasteiger partial charge < -0.3 is 9.47 Å². The van der Waals surface area contributed by atoms with E-state index in [2.05, 4.69) is 4.98 Å². The van der Waals surface area contributed by atoms with E-state index in [9.17, 15) is 23.2 Å². The molecule has 3 aromatic rings. The maximum absolute atomic E-state index is 13.3. The van der Waals surface area contributed by atoms with Crippen LogP contribution in [0.25, 0.3) is 0 Å². The molecule has 3 rings (SSSR count). The number of hydrogen-bond acceptors (Lipinski definition) is 5. The lowest BCUT2D eigenvalue weighted by Crippen LogP contribution is -2.29. The fourth-order valence-electron chi connectivity index (χ4n) is 2.97. The van der Waals surface area contributed by atoms with Crippen molar-refractivity contribution >= 4 is 40.6 Å². The number of ketones is 1. The number of hydrogen-bond donors (Lipinski definition) is 0. The summed E-state index contributed by atoms with van der Waals surface area (Å²) in [4.78, 5) is 16.4. The zero-order chi connectivity index (χ0) is 25.0. The molecule has 0 radical (unpaired) electrons. The minimum Gasteiger partial charge on any atom is -0.483 e. The van der Waals surface area contributed by atoms with Gasteiger partial charge in [-0.25, -0.2) is 4.98 Å². The summed E-state index contributed by atoms with van der Waals surface area (Å²) in [6, 6.07) is 12.8. The highest BCUT2D eigenvalue weighted by molar-refractivity contribution is 6.35. The molecule has 0 fully saturated rings. The van der Waals surface area contributed by atoms with Gasteiger partial charge in [-0.15, -0.1) is 0 Å². The van der Waals surface area contributed by atoms with Crippen molar-refractivity contribution in [2.24, 2.45) is 0 Å². The summed E-state index contributed by atoms with van der Waals surface area (Å²) in [6.07, 6.45) is -4.70. The zero-order valence-corrected chi connectivity index (χ0v) is 19.5. The molecule has 0 saturated carbocycles. The Morgan fingerprint density at radius 2 is 1.68 bits per heavy atom. The number of carbonyl (C=O) groups is 1. The van der Waals surface area contributed by atoms with Crippen LogP contribution in [0.15, 0.2) is 54.7 Å². The van der Waals surface area contributed by atoms with Crippen LogP contribution >= 0.6 is 34.8 Å². The molecule has 1 aromatic heterocycles. The van der Waals surface area contributed by atoms with E-state index in [1.54, 1.807) is 0 Å². The van der Waals surface area contributed by atoms with Gasteiger partial charge in [0.15, 0.2) is 11.9 Å². The molecule has 0 spiro atoms. The lowest BCUT2D eigenvalue weighted by atomic mass is 9.93. The molecule has 1 heterocycles. The Kier molecular flexibility index (Phi) is 7.93. The van der Waals surface area contributed by atoms with Crippen molar-refractivity contribution in [1.82, 2.24) is 4.98 Å². The van der Waals surface area contributed by atoms with Gasteiger partial charge in [0, 0.05) is 16.2 Å². The largest absolute Gasteiger partial charge is 0.483 e. The molecule has 34 heavy (non-hydrogen) atoms. The maximum atomic E-state index is 13.3. The molecule has 0 saturated heterocycles. The predicted molar refractivity (Wildman–Crippen MR) is 121 cm³/mol. The van der Waals surface area contributed by atoms with Crippen molar-refractivity contribution in [2.45, 2.75) is 25.1 Å². The van der Waals surface area contributed by atoms with Crippen LogP contribution in [0, 0.1) is 11.3 Å². The standard InChI is InChI=1S/C23H14Cl3F3N2O3/c1-12(21(32)17(11-30)16-7-2-13(24)10-19(16)26)33-14-3-5-15(6-4-14)34-22-20(23(27,28)29)18(25)8-9-31-22/h2-10,12,17H,1H3. The van der Waals surface area contributed by atoms with Crippen molar-refractivity contribution in [3.05, 3.63) is 80.9 Å². The Balaban J connectivity index is 1.73. The van der Waals surface area contributed by atoms with Crippen molar-refractivity contribution in [1.29, 1.82) is 5.26 Å². The number of pyridine rings is 1. The third-order valence-electron chi connectivity index (χ3n) is 4.59. The lowest BCUT2D eigenvalue weighted by molar-refractivity contribution is -0.138. The van der Waals surface area contributed by atoms with Gasteiger partial charge in [-0.05, 0) is 55.0 Å². The summed E-state index contributed by atoms with van der Waals surface area (Å²) in [5.74, 6) is -2.16. The summed E-state index contributed by atoms with van der Waals surface area (Å²) in [5.41, 5.74) is -0.896. The molecule has 11 heteroatoms. The van der Waals surface area contributed by atoms with E-state index in [1.165, 1.54) is 49.4 Å². The van der Waals surface area contributed by atoms with E-state index in [-0.39, 0.29) is 16.5 Å². The van der Waals surface area contributed by atoms with Gasteiger partial charge >= 0.3 is 6.18 Å². The molecule has 0 aliphatic carbocycles. The fraction of sp³-hybridized carbons (Fsp3) is 0.174. The minimum atomic E-state index is -4.76. The van der Waals surface area contributed by atoms with Crippen LogP contribution in [0.3, 0.4) is 0 Å². The number of rotatable bonds is 7. The minimum absolute atomic E-state index is 0.0365. The summed E-state index contributed by atoms with van der Waals surface area (Å²) < 4.78 is 50.6. The van der Waals surface area contributed by atoms with Gasteiger partial charge in [-0.1, -0.05) is 40.9 Å². The summed E-state index contributed by atoms with van der Waals surface area (Å²) in [7, 11) is 0. The van der Waals surface area contributed by atoms with Crippen molar-refractivity contribution in [3.8, 4) is 23.4 Å². The second kappa shape index (κ2) is 10.5. The quantitative estimate of drug-likeness (QED) is 0.317. The van der Waals surface area contributed by atoms with E-state index in [0.717, 1.165) is 12.3 Å². The van der Waals surface area contributed by atoms with Crippen LogP contribution < -0.4 is 9.47 Å². The molecular weight excluding hydrogens is 516 g/mol. The second-order valence-electron chi connectivity index (χ2n) is 6.93. The number of halogens is 6. The van der Waals surface area contributed by atoms with Crippen LogP contribution in [-0.4, -0.2) is 16.9 Å². The van der Waals surface area contributed by atoms with E-state index in [4.69, 9.17) is 44.3 Å². The summed E-state index contributed by atoms with van der Waals surface area (Å²) in [5, 5.41) is 9.50. The monoisotopic (exact) mass is 528 g/mol. The van der Waals surface area contributed by atoms with Gasteiger partial charge in [-0.3, -0.25) is 4.79 Å². The highest BCUT2D eigenvalue weighted by Crippen LogP contribution is 2.41. The number of benzene rings is 2. The fourth-order valence-corrected chi connectivity index (χ4v) is 3.73. The Morgan fingerprint density at radius 3 is 2.26 bits per heavy atom. The number of Topliss-reactive ketones (excluding diaryl/α,β-unsaturated/α-hetero) is 1. The Hall–Kier alpha value is -2.99. The average Bonchev–Trinajstić information content (AvgIpc) is 2.76. The first-order valence-corrected chi connectivity index (χ1v) is 10.7. The summed E-state index contributed by atoms with van der Waals surface area (Å²) in [6.45, 7) is 1.46. The van der Waals surface area contributed by atoms with Crippen LogP contribution in [0.2, 0.25) is 15.1 Å². The van der Waals surface area contributed by atoms with Crippen LogP contribution in [0.5, 0.6) is 17.4 Å². The topological polar surface area (TPSA) is 72.2 Å². The van der Waals surface area contributed by atoms with E-state index in [1.807, 2.05) is 6.07 Å². The van der Waals surface area contributed by atoms with E-state index >= 15 is 0 Å². The maximum Gasteiger partial charge on any atom is 0.423 e. The lowest BCUT2D eigenvalue weighted by Gasteiger charge is -2.18. The number of ether oxygens (including phenoxy) is 2. The van der Waals surface area contributed by atoms with Crippen molar-refractivity contribution in [3.63, 3.8) is 0 Å². The molecule has 0 amide bonds. The van der Waals surface area contributed by atoms with Gasteiger partial charge in [0.25, 0.3) is 0 Å². The number of aromatic nitrogens is 1. The van der Waals surface area contributed by atoms with Gasteiger partial charge in [0.2, 0.25) is 5.88 Å². The highest BCUT2D eigenvalue weighted by atomic mass is 35.5. The number of carbonyl (C=O) groups excluding carboxylic acids is 1. The number of alkyl halides is 3. The van der Waals surface area contributed by atoms with Crippen molar-refractivity contribution < 1.29 is 27.4 Å². The Labute approximate surface area is 207 Å². The third-order valence-corrected chi connectivity index (χ3v) is 5.47. The molecule has 2 atom stereocenters. The van der Waals surface area contributed by atoms with E-state index in [0.29, 0.717) is 10.6 Å². The number of nitriles is 1.